The Balaban J connectivity index is 1.14. The van der Waals surface area contributed by atoms with E-state index in [2.05, 4.69) is 26.1 Å². The molecule has 3 N–H and O–H groups in total. The molecule has 0 spiro atoms. The second-order valence-corrected chi connectivity index (χ2v) is 7.81. The summed E-state index contributed by atoms with van der Waals surface area (Å²) in [4.78, 5) is 36.9. The van der Waals surface area contributed by atoms with Crippen LogP contribution < -0.4 is 16.0 Å². The van der Waals surface area contributed by atoms with Crippen LogP contribution in [0.15, 0.2) is 48.7 Å². The van der Waals surface area contributed by atoms with Gasteiger partial charge in [-0.25, -0.2) is 0 Å². The Kier molecular flexibility index (Phi) is 6.74. The second kappa shape index (κ2) is 10.0. The summed E-state index contributed by atoms with van der Waals surface area (Å²) in [6.07, 6.45) is 5.98. The topological polar surface area (TPSA) is 117 Å². The number of nitrogens with one attached hydrogen (secondary N) is 3. The van der Waals surface area contributed by atoms with Gasteiger partial charge in [0.25, 0.3) is 5.91 Å². The molecule has 0 fully saturated rings. The van der Waals surface area contributed by atoms with E-state index in [0.717, 1.165) is 37.2 Å². The first-order valence-corrected chi connectivity index (χ1v) is 10.9. The van der Waals surface area contributed by atoms with Crippen molar-refractivity contribution in [3.63, 3.8) is 0 Å². The van der Waals surface area contributed by atoms with Crippen LogP contribution in [0.5, 0.6) is 0 Å². The van der Waals surface area contributed by atoms with Gasteiger partial charge in [-0.1, -0.05) is 24.6 Å². The molecule has 0 aliphatic carbocycles. The van der Waals surface area contributed by atoms with Crippen molar-refractivity contribution in [2.75, 3.05) is 11.9 Å². The van der Waals surface area contributed by atoms with Gasteiger partial charge in [0.1, 0.15) is 11.9 Å². The minimum atomic E-state index is -0.737. The molecule has 4 rings (SSSR count). The summed E-state index contributed by atoms with van der Waals surface area (Å²) < 4.78 is 1.99. The van der Waals surface area contributed by atoms with Crippen molar-refractivity contribution in [2.45, 2.75) is 44.6 Å². The molecule has 1 aromatic carbocycles. The lowest BCUT2D eigenvalue weighted by Gasteiger charge is -2.14. The van der Waals surface area contributed by atoms with Gasteiger partial charge in [-0.2, -0.15) is 0 Å². The van der Waals surface area contributed by atoms with E-state index in [1.165, 1.54) is 0 Å². The highest BCUT2D eigenvalue weighted by Gasteiger charge is 2.27. The Labute approximate surface area is 185 Å². The van der Waals surface area contributed by atoms with Crippen molar-refractivity contribution >= 4 is 29.1 Å². The number of hydrogen-bond donors (Lipinski definition) is 3. The number of unbranched alkanes of at least 4 members (excludes halogenated alkanes) is 2. The molecule has 0 radical (unpaired) electrons. The summed E-state index contributed by atoms with van der Waals surface area (Å²) in [5, 5.41) is 16.7. The molecule has 3 heterocycles. The Morgan fingerprint density at radius 1 is 1.03 bits per heavy atom. The summed E-state index contributed by atoms with van der Waals surface area (Å²) in [5.41, 5.74) is 1.75. The van der Waals surface area contributed by atoms with Crippen molar-refractivity contribution in [3.05, 3.63) is 60.0 Å². The largest absolute Gasteiger partial charge is 0.356 e. The fraction of sp³-hybridized carbons (Fsp3) is 0.348. The van der Waals surface area contributed by atoms with E-state index in [4.69, 9.17) is 0 Å². The van der Waals surface area contributed by atoms with Crippen LogP contribution in [-0.4, -0.2) is 44.9 Å². The number of aryl methyl sites for hydroxylation is 1. The SMILES string of the molecule is O=C(CCC1NC(=O)c2ccccc2NC1=O)NCCCCCc1nnc2ccccn12. The van der Waals surface area contributed by atoms with E-state index in [1.54, 1.807) is 24.3 Å². The maximum Gasteiger partial charge on any atom is 0.254 e. The number of pyridine rings is 1. The van der Waals surface area contributed by atoms with Gasteiger partial charge in [-0.3, -0.25) is 18.8 Å². The highest BCUT2D eigenvalue weighted by Crippen LogP contribution is 2.19. The van der Waals surface area contributed by atoms with Gasteiger partial charge in [0.2, 0.25) is 11.8 Å². The zero-order valence-electron chi connectivity index (χ0n) is 17.7. The monoisotopic (exact) mass is 434 g/mol. The lowest BCUT2D eigenvalue weighted by Crippen LogP contribution is -2.42. The first-order valence-electron chi connectivity index (χ1n) is 10.9. The number of rotatable bonds is 9. The molecular weight excluding hydrogens is 408 g/mol. The molecule has 3 amide bonds. The van der Waals surface area contributed by atoms with Crippen molar-refractivity contribution in [2.24, 2.45) is 0 Å². The molecule has 0 bridgehead atoms. The summed E-state index contributed by atoms with van der Waals surface area (Å²) in [7, 11) is 0. The number of carbonyl (C=O) groups excluding carboxylic acids is 3. The molecule has 1 aliphatic rings. The zero-order valence-corrected chi connectivity index (χ0v) is 17.7. The number of para-hydroxylation sites is 1. The highest BCUT2D eigenvalue weighted by atomic mass is 16.2. The molecule has 2 aromatic heterocycles. The van der Waals surface area contributed by atoms with Crippen LogP contribution in [-0.2, 0) is 16.0 Å². The van der Waals surface area contributed by atoms with Crippen LogP contribution in [0.3, 0.4) is 0 Å². The highest BCUT2D eigenvalue weighted by molar-refractivity contribution is 6.09. The van der Waals surface area contributed by atoms with Gasteiger partial charge in [-0.05, 0) is 43.5 Å². The number of nitrogens with zero attached hydrogens (tertiary/aromatic N) is 3. The van der Waals surface area contributed by atoms with Gasteiger partial charge in [0, 0.05) is 25.6 Å². The first kappa shape index (κ1) is 21.5. The average molecular weight is 435 g/mol. The Morgan fingerprint density at radius 3 is 2.78 bits per heavy atom. The molecule has 1 aliphatic heterocycles. The summed E-state index contributed by atoms with van der Waals surface area (Å²) in [5.74, 6) is 0.190. The van der Waals surface area contributed by atoms with E-state index in [1.807, 2.05) is 28.8 Å². The minimum absolute atomic E-state index is 0.128. The van der Waals surface area contributed by atoms with Crippen molar-refractivity contribution in [1.29, 1.82) is 0 Å². The summed E-state index contributed by atoms with van der Waals surface area (Å²) >= 11 is 0. The van der Waals surface area contributed by atoms with Crippen molar-refractivity contribution in [1.82, 2.24) is 25.2 Å². The lowest BCUT2D eigenvalue weighted by atomic mass is 10.1. The molecule has 32 heavy (non-hydrogen) atoms. The predicted molar refractivity (Wildman–Crippen MR) is 119 cm³/mol. The zero-order chi connectivity index (χ0) is 22.3. The Morgan fingerprint density at radius 2 is 1.88 bits per heavy atom. The third kappa shape index (κ3) is 5.11. The number of amides is 3. The van der Waals surface area contributed by atoms with Crippen LogP contribution >= 0.6 is 0 Å². The Hall–Kier alpha value is -3.75. The molecule has 1 unspecified atom stereocenters. The predicted octanol–water partition coefficient (Wildman–Crippen LogP) is 2.09. The third-order valence-electron chi connectivity index (χ3n) is 5.50. The fourth-order valence-electron chi connectivity index (χ4n) is 3.75. The van der Waals surface area contributed by atoms with Crippen molar-refractivity contribution < 1.29 is 14.4 Å². The molecule has 3 aromatic rings. The van der Waals surface area contributed by atoms with E-state index >= 15 is 0 Å². The molecule has 9 heteroatoms. The van der Waals surface area contributed by atoms with Gasteiger partial charge in [0.05, 0.1) is 11.3 Å². The van der Waals surface area contributed by atoms with Gasteiger partial charge in [-0.15, -0.1) is 10.2 Å². The van der Waals surface area contributed by atoms with Crippen LogP contribution in [0.25, 0.3) is 5.65 Å². The second-order valence-electron chi connectivity index (χ2n) is 7.81. The van der Waals surface area contributed by atoms with E-state index < -0.39 is 6.04 Å². The average Bonchev–Trinajstić information content (AvgIpc) is 3.16. The van der Waals surface area contributed by atoms with E-state index in [-0.39, 0.29) is 30.6 Å². The molecular formula is C23H26N6O3. The summed E-state index contributed by atoms with van der Waals surface area (Å²) in [6.45, 7) is 0.577. The standard InChI is InChI=1S/C23H26N6O3/c30-21(13-12-18-23(32)25-17-9-4-3-8-16(17)22(31)26-18)24-14-6-1-2-10-19-27-28-20-11-5-7-15-29(19)20/h3-5,7-9,11,15,18H,1-2,6,10,12-14H2,(H,24,30)(H,25,32)(H,26,31). The normalized spacial score (nSPS) is 15.6. The smallest absolute Gasteiger partial charge is 0.254 e. The third-order valence-corrected chi connectivity index (χ3v) is 5.50. The number of carbonyl (C=O) groups is 3. The van der Waals surface area contributed by atoms with Crippen molar-refractivity contribution in [3.8, 4) is 0 Å². The quantitative estimate of drug-likeness (QED) is 0.446. The van der Waals surface area contributed by atoms with Gasteiger partial charge >= 0.3 is 0 Å². The maximum absolute atomic E-state index is 12.4. The minimum Gasteiger partial charge on any atom is -0.356 e. The van der Waals surface area contributed by atoms with Crippen LogP contribution in [0.2, 0.25) is 0 Å². The first-order chi connectivity index (χ1) is 15.6. The number of anilines is 1. The maximum atomic E-state index is 12.4. The number of hydrogen-bond acceptors (Lipinski definition) is 5. The lowest BCUT2D eigenvalue weighted by molar-refractivity contribution is -0.121. The van der Waals surface area contributed by atoms with Crippen LogP contribution in [0.4, 0.5) is 5.69 Å². The summed E-state index contributed by atoms with van der Waals surface area (Å²) in [6, 6.07) is 11.9. The van der Waals surface area contributed by atoms with Crippen LogP contribution in [0, 0.1) is 0 Å². The van der Waals surface area contributed by atoms with E-state index in [9.17, 15) is 14.4 Å². The number of fused-ring (bicyclic) bond motifs is 2. The van der Waals surface area contributed by atoms with E-state index in [0.29, 0.717) is 17.8 Å². The molecule has 9 nitrogen and oxygen atoms in total. The van der Waals surface area contributed by atoms with Gasteiger partial charge < -0.3 is 16.0 Å². The molecule has 0 saturated heterocycles. The fourth-order valence-corrected chi connectivity index (χ4v) is 3.75. The number of benzene rings is 1. The number of aromatic nitrogens is 3. The molecule has 166 valence electrons. The Bertz CT molecular complexity index is 1130. The molecule has 0 saturated carbocycles. The van der Waals surface area contributed by atoms with Crippen LogP contribution in [0.1, 0.15) is 48.3 Å². The molecule has 1 atom stereocenters. The van der Waals surface area contributed by atoms with Gasteiger partial charge in [0.15, 0.2) is 5.65 Å².